The van der Waals surface area contributed by atoms with E-state index in [0.717, 1.165) is 50.5 Å². The predicted molar refractivity (Wildman–Crippen MR) is 125 cm³/mol. The van der Waals surface area contributed by atoms with Crippen molar-refractivity contribution in [2.24, 2.45) is 4.99 Å². The first-order valence-electron chi connectivity index (χ1n) is 11.4. The summed E-state index contributed by atoms with van der Waals surface area (Å²) < 4.78 is 5.63. The molecule has 2 N–H and O–H groups in total. The van der Waals surface area contributed by atoms with Gasteiger partial charge in [-0.25, -0.2) is 0 Å². The minimum atomic E-state index is -0.495. The summed E-state index contributed by atoms with van der Waals surface area (Å²) in [6.07, 6.45) is 5.47. The van der Waals surface area contributed by atoms with Crippen LogP contribution in [-0.4, -0.2) is 64.9 Å². The number of likely N-dealkylation sites (tertiary alicyclic amines) is 1. The van der Waals surface area contributed by atoms with Crippen LogP contribution in [0.2, 0.25) is 0 Å². The zero-order valence-electron chi connectivity index (χ0n) is 18.3. The molecule has 3 aliphatic heterocycles. The van der Waals surface area contributed by atoms with Crippen molar-refractivity contribution in [2.45, 2.75) is 62.8 Å². The van der Waals surface area contributed by atoms with Gasteiger partial charge in [0.1, 0.15) is 5.25 Å². The number of ether oxygens (including phenoxy) is 1. The molecule has 1 aromatic carbocycles. The fraction of sp³-hybridized carbons (Fsp3) is 0.565. The number of amidine groups is 1. The maximum atomic E-state index is 12.6. The Morgan fingerprint density at radius 3 is 2.81 bits per heavy atom. The van der Waals surface area contributed by atoms with Gasteiger partial charge in [0.25, 0.3) is 11.8 Å². The number of thioether (sulfide) groups is 1. The summed E-state index contributed by atoms with van der Waals surface area (Å²) in [6, 6.07) is 6.74. The van der Waals surface area contributed by atoms with Crippen molar-refractivity contribution in [2.75, 3.05) is 25.0 Å². The molecule has 32 heavy (non-hydrogen) atoms. The van der Waals surface area contributed by atoms with Gasteiger partial charge in [-0.2, -0.15) is 4.99 Å². The summed E-state index contributed by atoms with van der Waals surface area (Å²) in [4.78, 5) is 43.8. The molecule has 0 aliphatic carbocycles. The molecule has 3 atom stereocenters. The summed E-state index contributed by atoms with van der Waals surface area (Å²) >= 11 is 1.38. The van der Waals surface area contributed by atoms with Gasteiger partial charge in [-0.05, 0) is 57.2 Å². The van der Waals surface area contributed by atoms with Crippen molar-refractivity contribution in [1.29, 1.82) is 0 Å². The van der Waals surface area contributed by atoms with E-state index in [9.17, 15) is 14.4 Å². The van der Waals surface area contributed by atoms with E-state index in [1.54, 1.807) is 24.3 Å². The summed E-state index contributed by atoms with van der Waals surface area (Å²) in [6.45, 7) is 4.51. The smallest absolute Gasteiger partial charge is 0.262 e. The number of nitrogens with one attached hydrogen (secondary N) is 2. The molecule has 0 aromatic heterocycles. The van der Waals surface area contributed by atoms with Crippen molar-refractivity contribution in [1.82, 2.24) is 10.2 Å². The van der Waals surface area contributed by atoms with Crippen LogP contribution in [0, 0.1) is 0 Å². The highest BCUT2D eigenvalue weighted by molar-refractivity contribution is 8.15. The van der Waals surface area contributed by atoms with E-state index in [2.05, 4.69) is 20.5 Å². The molecular weight excluding hydrogens is 428 g/mol. The first-order valence-corrected chi connectivity index (χ1v) is 12.2. The van der Waals surface area contributed by atoms with Crippen LogP contribution in [0.5, 0.6) is 0 Å². The maximum Gasteiger partial charge on any atom is 0.262 e. The second-order valence-electron chi connectivity index (χ2n) is 8.53. The van der Waals surface area contributed by atoms with Crippen molar-refractivity contribution in [3.8, 4) is 0 Å². The van der Waals surface area contributed by atoms with Crippen LogP contribution in [0.3, 0.4) is 0 Å². The second kappa shape index (κ2) is 10.5. The van der Waals surface area contributed by atoms with Crippen LogP contribution in [0.1, 0.15) is 55.8 Å². The molecule has 2 saturated heterocycles. The Morgan fingerprint density at radius 2 is 2.06 bits per heavy atom. The molecule has 3 amide bonds. The van der Waals surface area contributed by atoms with Crippen molar-refractivity contribution in [3.05, 3.63) is 29.8 Å². The molecule has 2 fully saturated rings. The molecule has 1 aromatic rings. The van der Waals surface area contributed by atoms with Crippen LogP contribution >= 0.6 is 11.8 Å². The number of benzene rings is 1. The number of carbonyl (C=O) groups is 3. The van der Waals surface area contributed by atoms with E-state index in [0.29, 0.717) is 11.3 Å². The summed E-state index contributed by atoms with van der Waals surface area (Å²) in [5.74, 6) is -0.719. The van der Waals surface area contributed by atoms with Gasteiger partial charge in [-0.3, -0.25) is 14.4 Å². The van der Waals surface area contributed by atoms with E-state index in [1.165, 1.54) is 18.2 Å². The lowest BCUT2D eigenvalue weighted by molar-refractivity contribution is -0.121. The van der Waals surface area contributed by atoms with Gasteiger partial charge in [-0.15, -0.1) is 0 Å². The number of piperidine rings is 1. The molecular formula is C23H30N4O4S. The van der Waals surface area contributed by atoms with Gasteiger partial charge in [0.2, 0.25) is 5.91 Å². The number of hydrogen-bond acceptors (Lipinski definition) is 6. The Morgan fingerprint density at radius 1 is 1.25 bits per heavy atom. The number of nitrogens with zero attached hydrogens (tertiary/aromatic N) is 2. The molecule has 3 heterocycles. The molecule has 0 spiro atoms. The molecule has 8 nitrogen and oxygen atoms in total. The lowest BCUT2D eigenvalue weighted by Crippen LogP contribution is -2.40. The van der Waals surface area contributed by atoms with Gasteiger partial charge in [0, 0.05) is 37.4 Å². The average Bonchev–Trinajstić information content (AvgIpc) is 3.45. The molecule has 0 radical (unpaired) electrons. The minimum absolute atomic E-state index is 0.0420. The molecule has 172 valence electrons. The largest absolute Gasteiger partial charge is 0.376 e. The van der Waals surface area contributed by atoms with E-state index in [-0.39, 0.29) is 36.3 Å². The van der Waals surface area contributed by atoms with Gasteiger partial charge < -0.3 is 20.3 Å². The first kappa shape index (κ1) is 22.8. The highest BCUT2D eigenvalue weighted by Gasteiger charge is 2.33. The number of rotatable bonds is 6. The van der Waals surface area contributed by atoms with Gasteiger partial charge >= 0.3 is 0 Å². The third-order valence-electron chi connectivity index (χ3n) is 6.02. The van der Waals surface area contributed by atoms with Gasteiger partial charge in [0.15, 0.2) is 5.17 Å². The number of amides is 3. The first-order chi connectivity index (χ1) is 15.5. The number of anilines is 1. The van der Waals surface area contributed by atoms with Crippen molar-refractivity contribution in [3.63, 3.8) is 0 Å². The normalized spacial score (nSPS) is 24.2. The molecule has 9 heteroatoms. The van der Waals surface area contributed by atoms with E-state index >= 15 is 0 Å². The van der Waals surface area contributed by atoms with Crippen LogP contribution in [0.25, 0.3) is 0 Å². The molecule has 0 bridgehead atoms. The fourth-order valence-electron chi connectivity index (χ4n) is 4.23. The Hall–Kier alpha value is -2.39. The number of carbonyl (C=O) groups excluding carboxylic acids is 3. The third-order valence-corrected chi connectivity index (χ3v) is 7.23. The molecule has 4 rings (SSSR count). The topological polar surface area (TPSA) is 100 Å². The van der Waals surface area contributed by atoms with E-state index in [1.807, 2.05) is 6.92 Å². The lowest BCUT2D eigenvalue weighted by Gasteiger charge is -2.27. The average molecular weight is 459 g/mol. The summed E-state index contributed by atoms with van der Waals surface area (Å²) in [5, 5.41) is 6.04. The summed E-state index contributed by atoms with van der Waals surface area (Å²) in [5.41, 5.74) is 0.995. The zero-order valence-corrected chi connectivity index (χ0v) is 19.2. The van der Waals surface area contributed by atoms with Gasteiger partial charge in [0.05, 0.1) is 12.1 Å². The maximum absolute atomic E-state index is 12.6. The predicted octanol–water partition coefficient (Wildman–Crippen LogP) is 2.80. The van der Waals surface area contributed by atoms with Crippen LogP contribution in [0.4, 0.5) is 5.69 Å². The highest BCUT2D eigenvalue weighted by Crippen LogP contribution is 2.29. The summed E-state index contributed by atoms with van der Waals surface area (Å²) in [7, 11) is 0. The molecule has 3 unspecified atom stereocenters. The van der Waals surface area contributed by atoms with Gasteiger partial charge in [-0.1, -0.05) is 17.8 Å². The standard InChI is InChI=1S/C23H30N4O4S/c1-15(18-9-6-12-31-18)24-21(29)16-7-5-8-17(13-16)25-20(28)14-19-22(30)26-23(32-19)27-10-3-2-4-11-27/h5,7-8,13,15,18-19H,2-4,6,9-12,14H2,1H3,(H,24,29)(H,25,28). The highest BCUT2D eigenvalue weighted by atomic mass is 32.2. The fourth-order valence-corrected chi connectivity index (χ4v) is 5.35. The Bertz CT molecular complexity index is 894. The molecule has 0 saturated carbocycles. The van der Waals surface area contributed by atoms with Crippen LogP contribution in [0.15, 0.2) is 29.3 Å². The van der Waals surface area contributed by atoms with Crippen LogP contribution < -0.4 is 10.6 Å². The van der Waals surface area contributed by atoms with Crippen molar-refractivity contribution < 1.29 is 19.1 Å². The Labute approximate surface area is 192 Å². The van der Waals surface area contributed by atoms with Crippen LogP contribution in [-0.2, 0) is 14.3 Å². The third kappa shape index (κ3) is 5.69. The van der Waals surface area contributed by atoms with E-state index < -0.39 is 5.25 Å². The lowest BCUT2D eigenvalue weighted by atomic mass is 10.1. The SMILES string of the molecule is CC(NC(=O)c1cccc(NC(=O)CC2SC(N3CCCCC3)=NC2=O)c1)C1CCCO1. The number of aliphatic imine (C=N–C) groups is 1. The minimum Gasteiger partial charge on any atom is -0.376 e. The molecule has 3 aliphatic rings. The Balaban J connectivity index is 1.29. The second-order valence-corrected chi connectivity index (χ2v) is 9.70. The monoisotopic (exact) mass is 458 g/mol. The van der Waals surface area contributed by atoms with Crippen molar-refractivity contribution >= 4 is 40.3 Å². The van der Waals surface area contributed by atoms with E-state index in [4.69, 9.17) is 4.74 Å². The zero-order chi connectivity index (χ0) is 22.5. The number of hydrogen-bond donors (Lipinski definition) is 2. The Kier molecular flexibility index (Phi) is 7.47. The quantitative estimate of drug-likeness (QED) is 0.680.